The fourth-order valence-electron chi connectivity index (χ4n) is 1.53. The number of carbonyl (C=O) groups excluding carboxylic acids is 1. The van der Waals surface area contributed by atoms with Crippen molar-refractivity contribution in [2.45, 2.75) is 19.8 Å². The molecule has 100 valence electrons. The Morgan fingerprint density at radius 1 is 1.50 bits per heavy atom. The Morgan fingerprint density at radius 3 is 2.67 bits per heavy atom. The normalized spacial score (nSPS) is 12.3. The molecule has 18 heavy (non-hydrogen) atoms. The molecule has 1 amide bonds. The van der Waals surface area contributed by atoms with Crippen LogP contribution in [-0.2, 0) is 4.79 Å². The van der Waals surface area contributed by atoms with Crippen LogP contribution in [0.5, 0.6) is 5.75 Å². The van der Waals surface area contributed by atoms with E-state index in [4.69, 9.17) is 4.74 Å². The molecule has 4 nitrogen and oxygen atoms in total. The second-order valence-electron chi connectivity index (χ2n) is 4.22. The first kappa shape index (κ1) is 14.4. The van der Waals surface area contributed by atoms with Gasteiger partial charge in [-0.25, -0.2) is 9.40 Å². The Kier molecular flexibility index (Phi) is 5.09. The minimum Gasteiger partial charge on any atom is -0.491 e. The van der Waals surface area contributed by atoms with Crippen LogP contribution >= 0.6 is 0 Å². The van der Waals surface area contributed by atoms with Crippen LogP contribution in [0.25, 0.3) is 0 Å². The fourth-order valence-corrected chi connectivity index (χ4v) is 1.53. The minimum absolute atomic E-state index is 0.177. The predicted octanol–water partition coefficient (Wildman–Crippen LogP) is 1.92. The summed E-state index contributed by atoms with van der Waals surface area (Å²) in [6.07, 6.45) is 0. The van der Waals surface area contributed by atoms with E-state index in [-0.39, 0.29) is 11.7 Å². The second kappa shape index (κ2) is 6.35. The molecule has 0 radical (unpaired) electrons. The van der Waals surface area contributed by atoms with Gasteiger partial charge < -0.3 is 4.74 Å². The third-order valence-electron chi connectivity index (χ3n) is 2.48. The summed E-state index contributed by atoms with van der Waals surface area (Å²) < 4.78 is 18.8. The van der Waals surface area contributed by atoms with E-state index in [1.165, 1.54) is 6.07 Å². The molecule has 0 fully saturated rings. The lowest BCUT2D eigenvalue weighted by atomic mass is 10.0. The fraction of sp³-hybridized carbons (Fsp3) is 0.462. The van der Waals surface area contributed by atoms with Gasteiger partial charge in [0.05, 0.1) is 12.5 Å². The SMILES string of the molecule is CCOc1ccc(C(C)C(=O)NN(C)C)cc1F. The molecule has 0 aliphatic rings. The lowest BCUT2D eigenvalue weighted by Gasteiger charge is -2.17. The minimum atomic E-state index is -0.446. The average molecular weight is 254 g/mol. The van der Waals surface area contributed by atoms with Crippen LogP contribution in [0.2, 0.25) is 0 Å². The van der Waals surface area contributed by atoms with Crippen molar-refractivity contribution < 1.29 is 13.9 Å². The van der Waals surface area contributed by atoms with E-state index in [0.29, 0.717) is 12.2 Å². The first-order valence-corrected chi connectivity index (χ1v) is 5.85. The maximum atomic E-state index is 13.7. The highest BCUT2D eigenvalue weighted by Gasteiger charge is 2.17. The molecule has 0 aromatic heterocycles. The number of benzene rings is 1. The monoisotopic (exact) mass is 254 g/mol. The van der Waals surface area contributed by atoms with Gasteiger partial charge in [0.25, 0.3) is 0 Å². The molecule has 1 atom stereocenters. The Labute approximate surface area is 107 Å². The summed E-state index contributed by atoms with van der Waals surface area (Å²) in [6.45, 7) is 3.93. The summed E-state index contributed by atoms with van der Waals surface area (Å²) >= 11 is 0. The van der Waals surface area contributed by atoms with Gasteiger partial charge in [-0.2, -0.15) is 0 Å². The Morgan fingerprint density at radius 2 is 2.17 bits per heavy atom. The molecule has 1 aromatic rings. The van der Waals surface area contributed by atoms with Gasteiger partial charge in [-0.1, -0.05) is 6.07 Å². The summed E-state index contributed by atoms with van der Waals surface area (Å²) in [5.74, 6) is -0.832. The van der Waals surface area contributed by atoms with E-state index in [9.17, 15) is 9.18 Å². The molecule has 0 saturated heterocycles. The summed E-state index contributed by atoms with van der Waals surface area (Å²) in [7, 11) is 3.45. The Bertz CT molecular complexity index is 421. The topological polar surface area (TPSA) is 41.6 Å². The van der Waals surface area contributed by atoms with Crippen molar-refractivity contribution in [2.75, 3.05) is 20.7 Å². The van der Waals surface area contributed by atoms with Crippen LogP contribution in [0.1, 0.15) is 25.3 Å². The maximum Gasteiger partial charge on any atom is 0.241 e. The van der Waals surface area contributed by atoms with Gasteiger partial charge in [-0.15, -0.1) is 0 Å². The molecule has 0 spiro atoms. The van der Waals surface area contributed by atoms with Crippen molar-refractivity contribution in [1.29, 1.82) is 0 Å². The zero-order valence-corrected chi connectivity index (χ0v) is 11.2. The Hall–Kier alpha value is -1.62. The van der Waals surface area contributed by atoms with Crippen LogP contribution in [0, 0.1) is 5.82 Å². The zero-order chi connectivity index (χ0) is 13.7. The van der Waals surface area contributed by atoms with Gasteiger partial charge in [0, 0.05) is 14.1 Å². The maximum absolute atomic E-state index is 13.7. The van der Waals surface area contributed by atoms with E-state index in [0.717, 1.165) is 0 Å². The van der Waals surface area contributed by atoms with Crippen molar-refractivity contribution in [3.8, 4) is 5.75 Å². The molecular formula is C13H19FN2O2. The highest BCUT2D eigenvalue weighted by Crippen LogP contribution is 2.23. The molecule has 0 heterocycles. The highest BCUT2D eigenvalue weighted by atomic mass is 19.1. The number of nitrogens with one attached hydrogen (secondary N) is 1. The van der Waals surface area contributed by atoms with E-state index in [1.54, 1.807) is 45.1 Å². The van der Waals surface area contributed by atoms with E-state index in [1.807, 2.05) is 0 Å². The first-order valence-electron chi connectivity index (χ1n) is 5.85. The van der Waals surface area contributed by atoms with Gasteiger partial charge in [-0.05, 0) is 31.5 Å². The number of ether oxygens (including phenoxy) is 1. The van der Waals surface area contributed by atoms with Gasteiger partial charge in [0.1, 0.15) is 0 Å². The van der Waals surface area contributed by atoms with Crippen LogP contribution < -0.4 is 10.2 Å². The number of hydrogen-bond acceptors (Lipinski definition) is 3. The number of nitrogens with zero attached hydrogens (tertiary/aromatic N) is 1. The average Bonchev–Trinajstić information content (AvgIpc) is 2.30. The third-order valence-corrected chi connectivity index (χ3v) is 2.48. The zero-order valence-electron chi connectivity index (χ0n) is 11.2. The molecule has 1 N–H and O–H groups in total. The largest absolute Gasteiger partial charge is 0.491 e. The first-order chi connectivity index (χ1) is 8.45. The number of halogens is 1. The Balaban J connectivity index is 2.83. The van der Waals surface area contributed by atoms with Gasteiger partial charge in [-0.3, -0.25) is 10.2 Å². The summed E-state index contributed by atoms with van der Waals surface area (Å²) in [5.41, 5.74) is 3.26. The molecule has 5 heteroatoms. The van der Waals surface area contributed by atoms with Gasteiger partial charge >= 0.3 is 0 Å². The molecular weight excluding hydrogens is 235 g/mol. The quantitative estimate of drug-likeness (QED) is 0.816. The molecule has 1 unspecified atom stereocenters. The van der Waals surface area contributed by atoms with Crippen LogP contribution in [0.3, 0.4) is 0 Å². The number of hydrazine groups is 1. The smallest absolute Gasteiger partial charge is 0.241 e. The summed E-state index contributed by atoms with van der Waals surface area (Å²) in [6, 6.07) is 4.59. The standard InChI is InChI=1S/C13H19FN2O2/c1-5-18-12-7-6-10(8-11(12)14)9(2)13(17)15-16(3)4/h6-9H,5H2,1-4H3,(H,15,17). The van der Waals surface area contributed by atoms with Crippen LogP contribution in [0.4, 0.5) is 4.39 Å². The van der Waals surface area contributed by atoms with Crippen molar-refractivity contribution in [2.24, 2.45) is 0 Å². The van der Waals surface area contributed by atoms with Crippen molar-refractivity contribution in [1.82, 2.24) is 10.4 Å². The van der Waals surface area contributed by atoms with Crippen LogP contribution in [0.15, 0.2) is 18.2 Å². The molecule has 0 aliphatic carbocycles. The van der Waals surface area contributed by atoms with Gasteiger partial charge in [0.15, 0.2) is 11.6 Å². The third kappa shape index (κ3) is 3.70. The number of rotatable bonds is 5. The molecule has 0 bridgehead atoms. The van der Waals surface area contributed by atoms with Crippen molar-refractivity contribution in [3.05, 3.63) is 29.6 Å². The summed E-state index contributed by atoms with van der Waals surface area (Å²) in [4.78, 5) is 11.8. The molecule has 0 saturated carbocycles. The van der Waals surface area contributed by atoms with E-state index in [2.05, 4.69) is 5.43 Å². The molecule has 1 aromatic carbocycles. The second-order valence-corrected chi connectivity index (χ2v) is 4.22. The van der Waals surface area contributed by atoms with E-state index < -0.39 is 11.7 Å². The van der Waals surface area contributed by atoms with Gasteiger partial charge in [0.2, 0.25) is 5.91 Å². The predicted molar refractivity (Wildman–Crippen MR) is 67.8 cm³/mol. The molecule has 0 aliphatic heterocycles. The summed E-state index contributed by atoms with van der Waals surface area (Å²) in [5, 5.41) is 1.56. The number of hydrogen-bond donors (Lipinski definition) is 1. The lowest BCUT2D eigenvalue weighted by Crippen LogP contribution is -2.38. The van der Waals surface area contributed by atoms with E-state index >= 15 is 0 Å². The lowest BCUT2D eigenvalue weighted by molar-refractivity contribution is -0.125. The van der Waals surface area contributed by atoms with Crippen molar-refractivity contribution >= 4 is 5.91 Å². The number of carbonyl (C=O) groups is 1. The highest BCUT2D eigenvalue weighted by molar-refractivity contribution is 5.82. The molecule has 1 rings (SSSR count). The number of amides is 1. The van der Waals surface area contributed by atoms with Crippen molar-refractivity contribution in [3.63, 3.8) is 0 Å². The van der Waals surface area contributed by atoms with Crippen LogP contribution in [-0.4, -0.2) is 31.6 Å².